The van der Waals surface area contributed by atoms with Crippen molar-refractivity contribution in [2.45, 2.75) is 13.1 Å². The number of nitrogens with one attached hydrogen (secondary N) is 1. The first-order valence-corrected chi connectivity index (χ1v) is 10.3. The van der Waals surface area contributed by atoms with E-state index in [2.05, 4.69) is 10.4 Å². The highest BCUT2D eigenvalue weighted by Crippen LogP contribution is 2.20. The Morgan fingerprint density at radius 2 is 1.45 bits per heavy atom. The van der Waals surface area contributed by atoms with E-state index >= 15 is 0 Å². The zero-order chi connectivity index (χ0) is 23.2. The topological polar surface area (TPSA) is 113 Å². The van der Waals surface area contributed by atoms with Crippen LogP contribution in [0, 0.1) is 0 Å². The summed E-state index contributed by atoms with van der Waals surface area (Å²) in [6.45, 7) is 0.488. The molecule has 0 saturated carbocycles. The fraction of sp³-hybridized carbons (Fsp3) is 0.0800. The molecule has 3 aromatic carbocycles. The predicted octanol–water partition coefficient (Wildman–Crippen LogP) is 4.39. The summed E-state index contributed by atoms with van der Waals surface area (Å²) in [5, 5.41) is 16.6. The average Bonchev–Trinajstić information content (AvgIpc) is 3.20. The first-order valence-electron chi connectivity index (χ1n) is 10.3. The highest BCUT2D eigenvalue weighted by Gasteiger charge is 2.15. The number of carbonyl (C=O) groups excluding carboxylic acids is 1. The molecule has 0 unspecified atom stereocenters. The van der Waals surface area contributed by atoms with E-state index in [4.69, 9.17) is 5.73 Å². The van der Waals surface area contributed by atoms with E-state index in [0.717, 1.165) is 16.8 Å². The molecule has 8 nitrogen and oxygen atoms in total. The molecule has 4 rings (SSSR count). The lowest BCUT2D eigenvalue weighted by Gasteiger charge is -2.19. The minimum atomic E-state index is -1.01. The number of nitrogen functional groups attached to an aromatic ring is 1. The summed E-state index contributed by atoms with van der Waals surface area (Å²) >= 11 is 0. The minimum Gasteiger partial charge on any atom is -0.465 e. The van der Waals surface area contributed by atoms with Crippen molar-refractivity contribution < 1.29 is 14.7 Å². The Morgan fingerprint density at radius 1 is 0.879 bits per heavy atom. The van der Waals surface area contributed by atoms with Crippen LogP contribution in [0.1, 0.15) is 21.5 Å². The molecule has 33 heavy (non-hydrogen) atoms. The molecule has 0 aliphatic carbocycles. The van der Waals surface area contributed by atoms with Gasteiger partial charge < -0.3 is 16.2 Å². The lowest BCUT2D eigenvalue weighted by atomic mass is 10.1. The van der Waals surface area contributed by atoms with E-state index in [1.165, 1.54) is 4.90 Å². The van der Waals surface area contributed by atoms with Crippen LogP contribution in [0.3, 0.4) is 0 Å². The molecule has 0 spiro atoms. The van der Waals surface area contributed by atoms with Gasteiger partial charge in [0, 0.05) is 18.7 Å². The van der Waals surface area contributed by atoms with E-state index in [0.29, 0.717) is 11.3 Å². The molecule has 1 aromatic heterocycles. The number of para-hydroxylation sites is 1. The van der Waals surface area contributed by atoms with Crippen LogP contribution >= 0.6 is 0 Å². The van der Waals surface area contributed by atoms with Crippen molar-refractivity contribution in [3.63, 3.8) is 0 Å². The first-order chi connectivity index (χ1) is 16.0. The van der Waals surface area contributed by atoms with Crippen molar-refractivity contribution in [3.8, 4) is 5.69 Å². The number of rotatable bonds is 7. The smallest absolute Gasteiger partial charge is 0.407 e. The molecule has 8 heteroatoms. The number of hydrogen-bond donors (Lipinski definition) is 3. The van der Waals surface area contributed by atoms with Crippen LogP contribution in [-0.2, 0) is 13.1 Å². The molecule has 1 heterocycles. The fourth-order valence-corrected chi connectivity index (χ4v) is 3.35. The Hall–Kier alpha value is -4.59. The van der Waals surface area contributed by atoms with E-state index < -0.39 is 6.09 Å². The highest BCUT2D eigenvalue weighted by atomic mass is 16.4. The minimum absolute atomic E-state index is 0.209. The number of aromatic nitrogens is 2. The summed E-state index contributed by atoms with van der Waals surface area (Å²) in [6.07, 6.45) is 0.631. The van der Waals surface area contributed by atoms with Crippen LogP contribution in [0.25, 0.3) is 5.69 Å². The fourth-order valence-electron chi connectivity index (χ4n) is 3.35. The molecule has 0 aliphatic heterocycles. The van der Waals surface area contributed by atoms with E-state index in [-0.39, 0.29) is 24.8 Å². The molecule has 4 N–H and O–H groups in total. The summed E-state index contributed by atoms with van der Waals surface area (Å²) in [5.74, 6) is -0.0845. The van der Waals surface area contributed by atoms with Crippen molar-refractivity contribution in [2.75, 3.05) is 11.1 Å². The molecule has 166 valence electrons. The Bertz CT molecular complexity index is 1240. The molecule has 0 atom stereocenters. The molecule has 0 bridgehead atoms. The quantitative estimate of drug-likeness (QED) is 0.394. The standard InChI is InChI=1S/C25H23N5O3/c26-22-17-30(21-9-5-2-6-10-21)28-23(22)27-24(31)20-13-11-19(12-14-20)16-29(25(32)33)15-18-7-3-1-4-8-18/h1-14,17H,15-16,26H2,(H,32,33)(H,27,28,31). The normalized spacial score (nSPS) is 10.5. The highest BCUT2D eigenvalue weighted by molar-refractivity contribution is 6.05. The molecular formula is C25H23N5O3. The van der Waals surface area contributed by atoms with Gasteiger partial charge in [0.25, 0.3) is 5.91 Å². The van der Waals surface area contributed by atoms with E-state index in [9.17, 15) is 14.7 Å². The first kappa shape index (κ1) is 21.6. The van der Waals surface area contributed by atoms with Gasteiger partial charge >= 0.3 is 6.09 Å². The van der Waals surface area contributed by atoms with Crippen LogP contribution < -0.4 is 11.1 Å². The number of hydrogen-bond acceptors (Lipinski definition) is 4. The molecular weight excluding hydrogens is 418 g/mol. The summed E-state index contributed by atoms with van der Waals surface area (Å²) < 4.78 is 1.60. The number of amides is 2. The second-order valence-electron chi connectivity index (χ2n) is 7.49. The van der Waals surface area contributed by atoms with Crippen molar-refractivity contribution in [1.29, 1.82) is 0 Å². The van der Waals surface area contributed by atoms with Gasteiger partial charge in [-0.25, -0.2) is 9.48 Å². The van der Waals surface area contributed by atoms with Crippen LogP contribution in [0.2, 0.25) is 0 Å². The van der Waals surface area contributed by atoms with Gasteiger partial charge in [-0.3, -0.25) is 9.69 Å². The maximum Gasteiger partial charge on any atom is 0.407 e. The summed E-state index contributed by atoms with van der Waals surface area (Å²) in [6, 6.07) is 25.6. The van der Waals surface area contributed by atoms with Gasteiger partial charge in [0.1, 0.15) is 0 Å². The zero-order valence-corrected chi connectivity index (χ0v) is 17.8. The molecule has 4 aromatic rings. The maximum atomic E-state index is 12.7. The third-order valence-electron chi connectivity index (χ3n) is 5.07. The van der Waals surface area contributed by atoms with Crippen molar-refractivity contribution in [2.24, 2.45) is 0 Å². The van der Waals surface area contributed by atoms with Gasteiger partial charge in [-0.05, 0) is 35.4 Å². The van der Waals surface area contributed by atoms with Crippen LogP contribution in [0.5, 0.6) is 0 Å². The van der Waals surface area contributed by atoms with Gasteiger partial charge in [0.05, 0.1) is 17.6 Å². The average molecular weight is 441 g/mol. The summed E-state index contributed by atoms with van der Waals surface area (Å²) in [4.78, 5) is 25.7. The van der Waals surface area contributed by atoms with Gasteiger partial charge in [0.15, 0.2) is 5.82 Å². The molecule has 0 fully saturated rings. The van der Waals surface area contributed by atoms with Gasteiger partial charge in [0.2, 0.25) is 0 Å². The number of anilines is 2. The molecule has 2 amide bonds. The monoisotopic (exact) mass is 441 g/mol. The summed E-state index contributed by atoms with van der Waals surface area (Å²) in [7, 11) is 0. The van der Waals surface area contributed by atoms with Crippen LogP contribution in [0.4, 0.5) is 16.3 Å². The van der Waals surface area contributed by atoms with Crippen molar-refractivity contribution in [3.05, 3.63) is 108 Å². The van der Waals surface area contributed by atoms with Crippen LogP contribution in [-0.4, -0.2) is 31.8 Å². The lowest BCUT2D eigenvalue weighted by Crippen LogP contribution is -2.28. The third kappa shape index (κ3) is 5.37. The van der Waals surface area contributed by atoms with Crippen LogP contribution in [0.15, 0.2) is 91.1 Å². The molecule has 0 radical (unpaired) electrons. The molecule has 0 saturated heterocycles. The van der Waals surface area contributed by atoms with Crippen molar-refractivity contribution in [1.82, 2.24) is 14.7 Å². The predicted molar refractivity (Wildman–Crippen MR) is 126 cm³/mol. The Morgan fingerprint density at radius 3 is 2.06 bits per heavy atom. The largest absolute Gasteiger partial charge is 0.465 e. The maximum absolute atomic E-state index is 12.7. The number of carbonyl (C=O) groups is 2. The van der Waals surface area contributed by atoms with E-state index in [1.54, 1.807) is 35.1 Å². The van der Waals surface area contributed by atoms with E-state index in [1.807, 2.05) is 60.7 Å². The summed E-state index contributed by atoms with van der Waals surface area (Å²) in [5.41, 5.74) is 9.29. The zero-order valence-electron chi connectivity index (χ0n) is 17.8. The Kier molecular flexibility index (Phi) is 6.36. The number of nitrogens with zero attached hydrogens (tertiary/aromatic N) is 3. The Labute approximate surface area is 190 Å². The number of carboxylic acid groups (broad SMARTS) is 1. The SMILES string of the molecule is Nc1cn(-c2ccccc2)nc1NC(=O)c1ccc(CN(Cc2ccccc2)C(=O)O)cc1. The molecule has 0 aliphatic rings. The van der Waals surface area contributed by atoms with Gasteiger partial charge in [-0.2, -0.15) is 0 Å². The number of nitrogens with two attached hydrogens (primary N) is 1. The van der Waals surface area contributed by atoms with Gasteiger partial charge in [-0.15, -0.1) is 5.10 Å². The number of benzene rings is 3. The van der Waals surface area contributed by atoms with Crippen molar-refractivity contribution >= 4 is 23.5 Å². The lowest BCUT2D eigenvalue weighted by molar-refractivity contribution is 0.102. The van der Waals surface area contributed by atoms with Gasteiger partial charge in [-0.1, -0.05) is 60.7 Å². The third-order valence-corrected chi connectivity index (χ3v) is 5.07. The second kappa shape index (κ2) is 9.69. The Balaban J connectivity index is 1.42. The second-order valence-corrected chi connectivity index (χ2v) is 7.49.